The number of benzene rings is 1. The van der Waals surface area contributed by atoms with Gasteiger partial charge in [0.25, 0.3) is 0 Å². The maximum Gasteiger partial charge on any atom is 0.410 e. The molecule has 0 saturated carbocycles. The molecule has 0 spiro atoms. The number of hydrogen-bond acceptors (Lipinski definition) is 7. The number of morpholine rings is 1. The van der Waals surface area contributed by atoms with E-state index in [1.165, 1.54) is 11.8 Å². The molecule has 0 N–H and O–H groups in total. The van der Waals surface area contributed by atoms with Crippen LogP contribution in [0.2, 0.25) is 0 Å². The van der Waals surface area contributed by atoms with E-state index in [9.17, 15) is 4.79 Å². The molecule has 6 nitrogen and oxygen atoms in total. The summed E-state index contributed by atoms with van der Waals surface area (Å²) in [6, 6.07) is 7.56. The van der Waals surface area contributed by atoms with Crippen molar-refractivity contribution in [3.63, 3.8) is 0 Å². The largest absolute Gasteiger partial charge is 0.468 e. The number of rotatable bonds is 3. The zero-order valence-electron chi connectivity index (χ0n) is 17.1. The van der Waals surface area contributed by atoms with Gasteiger partial charge in [0.05, 0.1) is 19.3 Å². The van der Waals surface area contributed by atoms with Crippen LogP contribution in [0.4, 0.5) is 4.79 Å². The fraction of sp³-hybridized carbons (Fsp3) is 0.476. The fourth-order valence-electron chi connectivity index (χ4n) is 3.29. The van der Waals surface area contributed by atoms with Crippen LogP contribution in [-0.2, 0) is 14.2 Å². The summed E-state index contributed by atoms with van der Waals surface area (Å²) in [7, 11) is 0. The summed E-state index contributed by atoms with van der Waals surface area (Å²) in [6.07, 6.45) is 4.54. The van der Waals surface area contributed by atoms with Crippen LogP contribution < -0.4 is 0 Å². The molecule has 0 aliphatic carbocycles. The van der Waals surface area contributed by atoms with Crippen molar-refractivity contribution in [2.75, 3.05) is 26.0 Å². The molecule has 8 heteroatoms. The Balaban J connectivity index is 2.02. The molecule has 2 unspecified atom stereocenters. The molecule has 1 aromatic carbocycles. The summed E-state index contributed by atoms with van der Waals surface area (Å²) in [5.74, 6) is 0. The zero-order valence-corrected chi connectivity index (χ0v) is 18.7. The van der Waals surface area contributed by atoms with Gasteiger partial charge in [-0.05, 0) is 44.6 Å². The molecule has 0 bridgehead atoms. The van der Waals surface area contributed by atoms with Crippen LogP contribution in [0, 0.1) is 0 Å². The number of fused-ring (bicyclic) bond motifs is 1. The van der Waals surface area contributed by atoms with Crippen molar-refractivity contribution in [3.05, 3.63) is 42.2 Å². The Hall–Kier alpha value is -1.90. The minimum atomic E-state index is -0.591. The fourth-order valence-corrected chi connectivity index (χ4v) is 3.59. The number of carbonyl (C=O) groups is 1. The summed E-state index contributed by atoms with van der Waals surface area (Å²) in [4.78, 5) is 19.0. The summed E-state index contributed by atoms with van der Waals surface area (Å²) in [5.41, 5.74) is 0.273. The first-order valence-corrected chi connectivity index (χ1v) is 11.1. The molecule has 156 valence electrons. The van der Waals surface area contributed by atoms with Crippen LogP contribution in [0.3, 0.4) is 0 Å². The van der Waals surface area contributed by atoms with E-state index in [-0.39, 0.29) is 6.09 Å². The van der Waals surface area contributed by atoms with E-state index in [1.807, 2.05) is 57.5 Å². The summed E-state index contributed by atoms with van der Waals surface area (Å²) in [6.45, 7) is 6.75. The second kappa shape index (κ2) is 9.28. The number of hydrogen-bond donors (Lipinski definition) is 0. The summed E-state index contributed by atoms with van der Waals surface area (Å²) >= 11 is 6.71. The van der Waals surface area contributed by atoms with E-state index in [0.29, 0.717) is 24.1 Å². The van der Waals surface area contributed by atoms with Crippen molar-refractivity contribution < 1.29 is 19.0 Å². The normalized spacial score (nSPS) is 18.3. The predicted octanol–water partition coefficient (Wildman–Crippen LogP) is 4.58. The first kappa shape index (κ1) is 21.8. The Morgan fingerprint density at radius 3 is 2.83 bits per heavy atom. The van der Waals surface area contributed by atoms with E-state index in [1.54, 1.807) is 11.1 Å². The lowest BCUT2D eigenvalue weighted by Gasteiger charge is -2.40. The van der Waals surface area contributed by atoms with Crippen LogP contribution >= 0.6 is 24.0 Å². The van der Waals surface area contributed by atoms with Crippen molar-refractivity contribution in [1.29, 1.82) is 0 Å². The molecule has 1 aliphatic heterocycles. The molecule has 29 heavy (non-hydrogen) atoms. The number of ether oxygens (including phenoxy) is 3. The lowest BCUT2D eigenvalue weighted by molar-refractivity contribution is -0.0626. The van der Waals surface area contributed by atoms with Crippen molar-refractivity contribution in [2.24, 2.45) is 0 Å². The second-order valence-electron chi connectivity index (χ2n) is 7.76. The molecule has 3 rings (SSSR count). The van der Waals surface area contributed by atoms with Crippen molar-refractivity contribution >= 4 is 45.2 Å². The van der Waals surface area contributed by atoms with Crippen molar-refractivity contribution in [3.8, 4) is 0 Å². The summed E-state index contributed by atoms with van der Waals surface area (Å²) in [5, 5.41) is 2.00. The minimum absolute atomic E-state index is 0.324. The Morgan fingerprint density at radius 2 is 2.10 bits per heavy atom. The minimum Gasteiger partial charge on any atom is -0.468 e. The number of aromatic nitrogens is 1. The van der Waals surface area contributed by atoms with E-state index < -0.39 is 17.7 Å². The van der Waals surface area contributed by atoms with Gasteiger partial charge in [0.15, 0.2) is 6.10 Å². The lowest BCUT2D eigenvalue weighted by atomic mass is 9.97. The van der Waals surface area contributed by atoms with Gasteiger partial charge in [-0.3, -0.25) is 9.88 Å². The molecular weight excluding hydrogens is 408 g/mol. The third-order valence-electron chi connectivity index (χ3n) is 4.54. The Labute approximate surface area is 180 Å². The monoisotopic (exact) mass is 434 g/mol. The molecular formula is C21H26N2O4S2. The van der Waals surface area contributed by atoms with Crippen LogP contribution in [0.5, 0.6) is 0 Å². The van der Waals surface area contributed by atoms with Gasteiger partial charge in [-0.25, -0.2) is 4.79 Å². The van der Waals surface area contributed by atoms with Gasteiger partial charge in [0, 0.05) is 29.9 Å². The first-order valence-electron chi connectivity index (χ1n) is 9.45. The highest BCUT2D eigenvalue weighted by Gasteiger charge is 2.39. The maximum atomic E-state index is 12.9. The average molecular weight is 435 g/mol. The molecule has 2 aromatic rings. The van der Waals surface area contributed by atoms with E-state index >= 15 is 0 Å². The van der Waals surface area contributed by atoms with E-state index in [2.05, 4.69) is 4.98 Å². The smallest absolute Gasteiger partial charge is 0.410 e. The van der Waals surface area contributed by atoms with Crippen molar-refractivity contribution in [1.82, 2.24) is 9.88 Å². The number of nitrogens with zero attached hydrogens (tertiary/aromatic N) is 2. The number of carbonyl (C=O) groups excluding carboxylic acids is 1. The average Bonchev–Trinajstić information content (AvgIpc) is 2.70. The highest BCUT2D eigenvalue weighted by Crippen LogP contribution is 2.33. The Morgan fingerprint density at radius 1 is 1.34 bits per heavy atom. The summed E-state index contributed by atoms with van der Waals surface area (Å²) < 4.78 is 17.9. The van der Waals surface area contributed by atoms with Crippen LogP contribution in [-0.4, -0.2) is 58.0 Å². The molecule has 2 heterocycles. The third-order valence-corrected chi connectivity index (χ3v) is 5.56. The van der Waals surface area contributed by atoms with Crippen molar-refractivity contribution in [2.45, 2.75) is 38.5 Å². The van der Waals surface area contributed by atoms with E-state index in [4.69, 9.17) is 26.4 Å². The SMILES string of the molecule is CSC(=S)OC(c1cncc2ccccc12)C1COCCN1C(=O)OC(C)(C)C. The van der Waals surface area contributed by atoms with Gasteiger partial charge in [0.2, 0.25) is 4.38 Å². The highest BCUT2D eigenvalue weighted by atomic mass is 32.2. The van der Waals surface area contributed by atoms with Crippen LogP contribution in [0.15, 0.2) is 36.7 Å². The van der Waals surface area contributed by atoms with Gasteiger partial charge in [0.1, 0.15) is 5.60 Å². The molecule has 1 aliphatic rings. The second-order valence-corrected chi connectivity index (χ2v) is 9.17. The molecule has 2 atom stereocenters. The number of thiocarbonyl (C=S) groups is 1. The lowest BCUT2D eigenvalue weighted by Crippen LogP contribution is -2.53. The van der Waals surface area contributed by atoms with Gasteiger partial charge >= 0.3 is 6.09 Å². The Kier molecular flexibility index (Phi) is 6.97. The molecule has 1 saturated heterocycles. The standard InChI is InChI=1S/C21H26N2O4S2/c1-21(2,3)27-19(24)23-9-10-25-13-17(23)18(26-20(28)29-4)16-12-22-11-14-7-5-6-8-15(14)16/h5-8,11-12,17-18H,9-10,13H2,1-4H3. The third kappa shape index (κ3) is 5.38. The van der Waals surface area contributed by atoms with Gasteiger partial charge in [-0.1, -0.05) is 36.0 Å². The van der Waals surface area contributed by atoms with Gasteiger partial charge < -0.3 is 14.2 Å². The molecule has 1 aromatic heterocycles. The topological polar surface area (TPSA) is 60.9 Å². The number of amides is 1. The first-order chi connectivity index (χ1) is 13.8. The zero-order chi connectivity index (χ0) is 21.0. The highest BCUT2D eigenvalue weighted by molar-refractivity contribution is 8.22. The van der Waals surface area contributed by atoms with E-state index in [0.717, 1.165) is 16.3 Å². The molecule has 0 radical (unpaired) electrons. The number of pyridine rings is 1. The maximum absolute atomic E-state index is 12.9. The molecule has 1 fully saturated rings. The van der Waals surface area contributed by atoms with Crippen LogP contribution in [0.1, 0.15) is 32.4 Å². The predicted molar refractivity (Wildman–Crippen MR) is 119 cm³/mol. The van der Waals surface area contributed by atoms with Gasteiger partial charge in [-0.15, -0.1) is 0 Å². The number of thioether (sulfide) groups is 1. The van der Waals surface area contributed by atoms with Crippen LogP contribution in [0.25, 0.3) is 10.8 Å². The van der Waals surface area contributed by atoms with Gasteiger partial charge in [-0.2, -0.15) is 0 Å². The quantitative estimate of drug-likeness (QED) is 0.656. The molecule has 1 amide bonds. The Bertz CT molecular complexity index is 879.